The molecular formula is C14H26N2O2. The van der Waals surface area contributed by atoms with Crippen LogP contribution < -0.4 is 10.6 Å². The molecule has 1 saturated heterocycles. The zero-order valence-electron chi connectivity index (χ0n) is 11.4. The SMILES string of the molecule is C[C@@H](NC(=O)CC1CNCCO1)C1CCCCC1. The van der Waals surface area contributed by atoms with Crippen LogP contribution in [0.4, 0.5) is 0 Å². The number of ether oxygens (including phenoxy) is 1. The van der Waals surface area contributed by atoms with Gasteiger partial charge in [-0.3, -0.25) is 4.79 Å². The Hall–Kier alpha value is -0.610. The van der Waals surface area contributed by atoms with Gasteiger partial charge < -0.3 is 15.4 Å². The van der Waals surface area contributed by atoms with Gasteiger partial charge in [-0.1, -0.05) is 19.3 Å². The topological polar surface area (TPSA) is 50.4 Å². The summed E-state index contributed by atoms with van der Waals surface area (Å²) in [6, 6.07) is 0.314. The highest BCUT2D eigenvalue weighted by Gasteiger charge is 2.23. The zero-order chi connectivity index (χ0) is 12.8. The predicted molar refractivity (Wildman–Crippen MR) is 71.4 cm³/mol. The Morgan fingerprint density at radius 3 is 2.83 bits per heavy atom. The van der Waals surface area contributed by atoms with E-state index in [1.165, 1.54) is 32.1 Å². The van der Waals surface area contributed by atoms with Crippen molar-refractivity contribution in [3.05, 3.63) is 0 Å². The highest BCUT2D eigenvalue weighted by atomic mass is 16.5. The van der Waals surface area contributed by atoms with Crippen molar-refractivity contribution in [2.24, 2.45) is 5.92 Å². The molecule has 1 aliphatic heterocycles. The van der Waals surface area contributed by atoms with Crippen molar-refractivity contribution in [3.8, 4) is 0 Å². The van der Waals surface area contributed by atoms with Crippen LogP contribution in [0.25, 0.3) is 0 Å². The van der Waals surface area contributed by atoms with E-state index in [9.17, 15) is 4.79 Å². The normalized spacial score (nSPS) is 27.7. The van der Waals surface area contributed by atoms with E-state index < -0.39 is 0 Å². The Morgan fingerprint density at radius 2 is 2.17 bits per heavy atom. The summed E-state index contributed by atoms with van der Waals surface area (Å²) in [5.74, 6) is 0.815. The first-order valence-corrected chi connectivity index (χ1v) is 7.37. The van der Waals surface area contributed by atoms with E-state index in [0.717, 1.165) is 19.7 Å². The molecular weight excluding hydrogens is 228 g/mol. The van der Waals surface area contributed by atoms with Crippen LogP contribution in [0.3, 0.4) is 0 Å². The lowest BCUT2D eigenvalue weighted by molar-refractivity contribution is -0.125. The standard InChI is InChI=1S/C14H26N2O2/c1-11(12-5-3-2-4-6-12)16-14(17)9-13-10-15-7-8-18-13/h11-13,15H,2-10H2,1H3,(H,16,17)/t11-,13?/m1/s1. The Balaban J connectivity index is 1.68. The van der Waals surface area contributed by atoms with E-state index in [1.54, 1.807) is 0 Å². The molecule has 0 aromatic heterocycles. The fourth-order valence-electron chi connectivity index (χ4n) is 3.02. The van der Waals surface area contributed by atoms with Crippen molar-refractivity contribution in [1.82, 2.24) is 10.6 Å². The van der Waals surface area contributed by atoms with Crippen molar-refractivity contribution in [2.45, 2.75) is 57.6 Å². The van der Waals surface area contributed by atoms with Gasteiger partial charge in [0.25, 0.3) is 0 Å². The van der Waals surface area contributed by atoms with Gasteiger partial charge in [-0.25, -0.2) is 0 Å². The lowest BCUT2D eigenvalue weighted by Crippen LogP contribution is -2.44. The minimum absolute atomic E-state index is 0.0531. The maximum Gasteiger partial charge on any atom is 0.222 e. The molecule has 0 aromatic carbocycles. The zero-order valence-corrected chi connectivity index (χ0v) is 11.4. The third kappa shape index (κ3) is 4.25. The third-order valence-electron chi connectivity index (χ3n) is 4.16. The molecule has 104 valence electrons. The number of amides is 1. The molecule has 18 heavy (non-hydrogen) atoms. The molecule has 2 aliphatic rings. The number of nitrogens with one attached hydrogen (secondary N) is 2. The number of rotatable bonds is 4. The molecule has 1 aliphatic carbocycles. The minimum Gasteiger partial charge on any atom is -0.375 e. The fraction of sp³-hybridized carbons (Fsp3) is 0.929. The van der Waals surface area contributed by atoms with Crippen LogP contribution >= 0.6 is 0 Å². The predicted octanol–water partition coefficient (Wildman–Crippen LogP) is 1.45. The maximum absolute atomic E-state index is 11.9. The molecule has 2 N–H and O–H groups in total. The highest BCUT2D eigenvalue weighted by molar-refractivity contribution is 5.76. The van der Waals surface area contributed by atoms with Crippen molar-refractivity contribution >= 4 is 5.91 Å². The van der Waals surface area contributed by atoms with Crippen LogP contribution in [0.15, 0.2) is 0 Å². The summed E-state index contributed by atoms with van der Waals surface area (Å²) in [5, 5.41) is 6.40. The fourth-order valence-corrected chi connectivity index (χ4v) is 3.02. The lowest BCUT2D eigenvalue weighted by atomic mass is 9.84. The van der Waals surface area contributed by atoms with E-state index in [0.29, 0.717) is 18.4 Å². The Bertz CT molecular complexity index is 259. The first-order valence-electron chi connectivity index (χ1n) is 7.37. The second kappa shape index (κ2) is 7.10. The van der Waals surface area contributed by atoms with Crippen molar-refractivity contribution < 1.29 is 9.53 Å². The summed E-state index contributed by atoms with van der Waals surface area (Å²) in [4.78, 5) is 11.9. The first-order chi connectivity index (χ1) is 8.75. The lowest BCUT2D eigenvalue weighted by Gasteiger charge is -2.29. The van der Waals surface area contributed by atoms with E-state index >= 15 is 0 Å². The molecule has 2 fully saturated rings. The van der Waals surface area contributed by atoms with Gasteiger partial charge in [-0.2, -0.15) is 0 Å². The molecule has 4 nitrogen and oxygen atoms in total. The number of hydrogen-bond donors (Lipinski definition) is 2. The molecule has 1 amide bonds. The van der Waals surface area contributed by atoms with Gasteiger partial charge in [-0.05, 0) is 25.7 Å². The quantitative estimate of drug-likeness (QED) is 0.798. The molecule has 1 saturated carbocycles. The molecule has 0 bridgehead atoms. The van der Waals surface area contributed by atoms with Crippen LogP contribution in [0.5, 0.6) is 0 Å². The monoisotopic (exact) mass is 254 g/mol. The Morgan fingerprint density at radius 1 is 1.39 bits per heavy atom. The summed E-state index contributed by atoms with van der Waals surface area (Å²) < 4.78 is 5.55. The molecule has 0 radical (unpaired) electrons. The molecule has 2 atom stereocenters. The summed E-state index contributed by atoms with van der Waals surface area (Å²) >= 11 is 0. The number of hydrogen-bond acceptors (Lipinski definition) is 3. The molecule has 1 unspecified atom stereocenters. The largest absolute Gasteiger partial charge is 0.375 e. The number of carbonyl (C=O) groups excluding carboxylic acids is 1. The average Bonchev–Trinajstić information content (AvgIpc) is 2.40. The van der Waals surface area contributed by atoms with E-state index in [2.05, 4.69) is 17.6 Å². The van der Waals surface area contributed by atoms with Gasteiger partial charge in [-0.15, -0.1) is 0 Å². The number of morpholine rings is 1. The second-order valence-electron chi connectivity index (χ2n) is 5.66. The van der Waals surface area contributed by atoms with Gasteiger partial charge in [0.1, 0.15) is 0 Å². The van der Waals surface area contributed by atoms with Crippen molar-refractivity contribution in [3.63, 3.8) is 0 Å². The van der Waals surface area contributed by atoms with Crippen LogP contribution in [0.2, 0.25) is 0 Å². The summed E-state index contributed by atoms with van der Waals surface area (Å²) in [6.07, 6.45) is 7.08. The smallest absolute Gasteiger partial charge is 0.222 e. The first kappa shape index (κ1) is 13.8. The Labute approximate surface area is 110 Å². The third-order valence-corrected chi connectivity index (χ3v) is 4.16. The van der Waals surface area contributed by atoms with Gasteiger partial charge in [0, 0.05) is 19.1 Å². The van der Waals surface area contributed by atoms with Crippen LogP contribution in [-0.2, 0) is 9.53 Å². The van der Waals surface area contributed by atoms with E-state index in [-0.39, 0.29) is 12.0 Å². The molecule has 0 spiro atoms. The molecule has 2 rings (SSSR count). The van der Waals surface area contributed by atoms with Crippen LogP contribution in [0.1, 0.15) is 45.4 Å². The Kier molecular flexibility index (Phi) is 5.45. The summed E-state index contributed by atoms with van der Waals surface area (Å²) in [6.45, 7) is 4.56. The van der Waals surface area contributed by atoms with Gasteiger partial charge >= 0.3 is 0 Å². The second-order valence-corrected chi connectivity index (χ2v) is 5.66. The van der Waals surface area contributed by atoms with Crippen LogP contribution in [-0.4, -0.2) is 37.7 Å². The van der Waals surface area contributed by atoms with E-state index in [4.69, 9.17) is 4.74 Å². The van der Waals surface area contributed by atoms with Gasteiger partial charge in [0.15, 0.2) is 0 Å². The summed E-state index contributed by atoms with van der Waals surface area (Å²) in [5.41, 5.74) is 0. The average molecular weight is 254 g/mol. The van der Waals surface area contributed by atoms with Gasteiger partial charge in [0.2, 0.25) is 5.91 Å². The number of carbonyl (C=O) groups is 1. The van der Waals surface area contributed by atoms with Crippen molar-refractivity contribution in [1.29, 1.82) is 0 Å². The highest BCUT2D eigenvalue weighted by Crippen LogP contribution is 2.26. The van der Waals surface area contributed by atoms with Gasteiger partial charge in [0.05, 0.1) is 19.1 Å². The van der Waals surface area contributed by atoms with Crippen LogP contribution in [0, 0.1) is 5.92 Å². The van der Waals surface area contributed by atoms with E-state index in [1.807, 2.05) is 0 Å². The minimum atomic E-state index is 0.0531. The molecule has 1 heterocycles. The summed E-state index contributed by atoms with van der Waals surface area (Å²) in [7, 11) is 0. The molecule has 4 heteroatoms. The maximum atomic E-state index is 11.9. The molecule has 0 aromatic rings. The van der Waals surface area contributed by atoms with Crippen molar-refractivity contribution in [2.75, 3.05) is 19.7 Å².